The quantitative estimate of drug-likeness (QED) is 0.781. The number of benzene rings is 1. The molecule has 1 aliphatic rings. The third-order valence-corrected chi connectivity index (χ3v) is 6.32. The van der Waals surface area contributed by atoms with Gasteiger partial charge in [-0.05, 0) is 26.3 Å². The highest BCUT2D eigenvalue weighted by atomic mass is 32.2. The van der Waals surface area contributed by atoms with E-state index in [-0.39, 0.29) is 23.2 Å². The molecule has 140 valence electrons. The Hall–Kier alpha value is -2.42. The number of para-hydroxylation sites is 1. The number of aromatic amines is 1. The van der Waals surface area contributed by atoms with E-state index in [1.807, 2.05) is 6.07 Å². The summed E-state index contributed by atoms with van der Waals surface area (Å²) in [5, 5.41) is 7.33. The van der Waals surface area contributed by atoms with Crippen molar-refractivity contribution in [2.45, 2.75) is 32.4 Å². The van der Waals surface area contributed by atoms with E-state index < -0.39 is 27.8 Å². The second-order valence-electron chi connectivity index (χ2n) is 6.35. The van der Waals surface area contributed by atoms with Crippen LogP contribution in [0.25, 0.3) is 10.9 Å². The fraction of sp³-hybridized carbons (Fsp3) is 0.471. The van der Waals surface area contributed by atoms with E-state index in [9.17, 15) is 18.0 Å². The van der Waals surface area contributed by atoms with Crippen molar-refractivity contribution in [1.82, 2.24) is 15.1 Å². The molecule has 1 aliphatic heterocycles. The van der Waals surface area contributed by atoms with Crippen molar-refractivity contribution in [3.8, 4) is 0 Å². The van der Waals surface area contributed by atoms with Gasteiger partial charge in [0.05, 0.1) is 17.0 Å². The average molecular weight is 379 g/mol. The lowest BCUT2D eigenvalue weighted by Gasteiger charge is -2.29. The van der Waals surface area contributed by atoms with Crippen LogP contribution >= 0.6 is 0 Å². The molecular formula is C17H21N3O5S. The molecule has 1 N–H and O–H groups in total. The van der Waals surface area contributed by atoms with E-state index in [4.69, 9.17) is 4.74 Å². The summed E-state index contributed by atoms with van der Waals surface area (Å²) in [6.45, 7) is 3.62. The Bertz CT molecular complexity index is 937. The predicted molar refractivity (Wildman–Crippen MR) is 95.4 cm³/mol. The summed E-state index contributed by atoms with van der Waals surface area (Å²) in [5.41, 5.74) is 0.816. The van der Waals surface area contributed by atoms with Crippen LogP contribution in [-0.2, 0) is 19.4 Å². The minimum atomic E-state index is -3.11. The standard InChI is InChI=1S/C17H21N3O5S/c1-3-20(12-8-9-26(23,24)10-12)16(21)11(2)25-17(22)15-13-6-4-5-7-14(13)18-19-15/h4-7,11-12H,3,8-10H2,1-2H3,(H,18,19)/t11-,12-/m1/s1. The number of H-pyrrole nitrogens is 1. The first-order chi connectivity index (χ1) is 12.3. The highest BCUT2D eigenvalue weighted by Crippen LogP contribution is 2.20. The molecular weight excluding hydrogens is 358 g/mol. The number of fused-ring (bicyclic) bond motifs is 1. The molecule has 2 heterocycles. The molecule has 2 aromatic rings. The van der Waals surface area contributed by atoms with Crippen molar-refractivity contribution in [3.05, 3.63) is 30.0 Å². The minimum Gasteiger partial charge on any atom is -0.448 e. The van der Waals surface area contributed by atoms with E-state index >= 15 is 0 Å². The molecule has 8 nitrogen and oxygen atoms in total. The maximum Gasteiger partial charge on any atom is 0.360 e. The van der Waals surface area contributed by atoms with Gasteiger partial charge in [-0.3, -0.25) is 9.89 Å². The summed E-state index contributed by atoms with van der Waals surface area (Å²) in [6, 6.07) is 6.75. The van der Waals surface area contributed by atoms with Crippen LogP contribution < -0.4 is 0 Å². The molecule has 0 unspecified atom stereocenters. The first kappa shape index (κ1) is 18.4. The number of hydrogen-bond acceptors (Lipinski definition) is 6. The Morgan fingerprint density at radius 1 is 1.38 bits per heavy atom. The normalized spacial score (nSPS) is 20.0. The van der Waals surface area contributed by atoms with Crippen LogP contribution in [0.2, 0.25) is 0 Å². The van der Waals surface area contributed by atoms with Crippen molar-refractivity contribution in [2.24, 2.45) is 0 Å². The molecule has 1 fully saturated rings. The number of nitrogens with zero attached hydrogens (tertiary/aromatic N) is 2. The number of aromatic nitrogens is 2. The minimum absolute atomic E-state index is 0.0444. The number of carbonyl (C=O) groups is 2. The van der Waals surface area contributed by atoms with Crippen LogP contribution in [0.4, 0.5) is 0 Å². The zero-order valence-corrected chi connectivity index (χ0v) is 15.5. The summed E-state index contributed by atoms with van der Waals surface area (Å²) in [7, 11) is -3.11. The van der Waals surface area contributed by atoms with Crippen molar-refractivity contribution < 1.29 is 22.7 Å². The van der Waals surface area contributed by atoms with Crippen LogP contribution in [0.3, 0.4) is 0 Å². The second kappa shape index (κ2) is 7.06. The number of likely N-dealkylation sites (N-methyl/N-ethyl adjacent to an activating group) is 1. The average Bonchev–Trinajstić information content (AvgIpc) is 3.18. The lowest BCUT2D eigenvalue weighted by atomic mass is 10.2. The van der Waals surface area contributed by atoms with Crippen LogP contribution in [0.1, 0.15) is 30.8 Å². The van der Waals surface area contributed by atoms with Gasteiger partial charge in [0.15, 0.2) is 21.6 Å². The van der Waals surface area contributed by atoms with Crippen LogP contribution in [0.15, 0.2) is 24.3 Å². The zero-order valence-electron chi connectivity index (χ0n) is 14.6. The number of hydrogen-bond donors (Lipinski definition) is 1. The van der Waals surface area contributed by atoms with Gasteiger partial charge in [0.1, 0.15) is 0 Å². The molecule has 0 aliphatic carbocycles. The number of ether oxygens (including phenoxy) is 1. The third-order valence-electron chi connectivity index (χ3n) is 4.57. The van der Waals surface area contributed by atoms with Gasteiger partial charge in [0, 0.05) is 18.0 Å². The van der Waals surface area contributed by atoms with Gasteiger partial charge in [0.2, 0.25) is 0 Å². The van der Waals surface area contributed by atoms with Crippen molar-refractivity contribution >= 4 is 32.6 Å². The first-order valence-electron chi connectivity index (χ1n) is 8.47. The molecule has 1 saturated heterocycles. The van der Waals surface area contributed by atoms with Crippen LogP contribution in [-0.4, -0.2) is 65.6 Å². The highest BCUT2D eigenvalue weighted by Gasteiger charge is 2.36. The maximum absolute atomic E-state index is 12.7. The lowest BCUT2D eigenvalue weighted by molar-refractivity contribution is -0.141. The summed E-state index contributed by atoms with van der Waals surface area (Å²) in [4.78, 5) is 26.5. The maximum atomic E-state index is 12.7. The van der Waals surface area contributed by atoms with E-state index in [0.29, 0.717) is 23.9 Å². The molecule has 26 heavy (non-hydrogen) atoms. The highest BCUT2D eigenvalue weighted by molar-refractivity contribution is 7.91. The molecule has 1 aromatic heterocycles. The number of amides is 1. The Kier molecular flexibility index (Phi) is 4.99. The fourth-order valence-electron chi connectivity index (χ4n) is 3.23. The van der Waals surface area contributed by atoms with Crippen LogP contribution in [0, 0.1) is 0 Å². The van der Waals surface area contributed by atoms with Crippen molar-refractivity contribution in [3.63, 3.8) is 0 Å². The Labute approximate surface area is 151 Å². The molecule has 9 heteroatoms. The first-order valence-corrected chi connectivity index (χ1v) is 10.3. The van der Waals surface area contributed by atoms with Gasteiger partial charge >= 0.3 is 5.97 Å². The summed E-state index contributed by atoms with van der Waals surface area (Å²) in [6.07, 6.45) is -0.617. The van der Waals surface area contributed by atoms with Gasteiger partial charge < -0.3 is 9.64 Å². The van der Waals surface area contributed by atoms with Crippen molar-refractivity contribution in [2.75, 3.05) is 18.1 Å². The Balaban J connectivity index is 1.71. The van der Waals surface area contributed by atoms with Crippen LogP contribution in [0.5, 0.6) is 0 Å². The monoisotopic (exact) mass is 379 g/mol. The molecule has 2 atom stereocenters. The Morgan fingerprint density at radius 3 is 2.77 bits per heavy atom. The van der Waals surface area contributed by atoms with Gasteiger partial charge in [-0.25, -0.2) is 13.2 Å². The van der Waals surface area contributed by atoms with E-state index in [1.165, 1.54) is 11.8 Å². The Morgan fingerprint density at radius 2 is 2.12 bits per heavy atom. The van der Waals surface area contributed by atoms with E-state index in [1.54, 1.807) is 25.1 Å². The second-order valence-corrected chi connectivity index (χ2v) is 8.58. The molecule has 0 bridgehead atoms. The topological polar surface area (TPSA) is 109 Å². The van der Waals surface area contributed by atoms with E-state index in [0.717, 1.165) is 0 Å². The molecule has 3 rings (SSSR count). The molecule has 0 saturated carbocycles. The fourth-order valence-corrected chi connectivity index (χ4v) is 4.97. The van der Waals surface area contributed by atoms with Gasteiger partial charge in [0.25, 0.3) is 5.91 Å². The summed E-state index contributed by atoms with van der Waals surface area (Å²) < 4.78 is 28.6. The SMILES string of the molecule is CCN(C(=O)[C@@H](C)OC(=O)c1n[nH]c2ccccc12)[C@@H]1CCS(=O)(=O)C1. The number of esters is 1. The lowest BCUT2D eigenvalue weighted by Crippen LogP contribution is -2.46. The number of sulfone groups is 1. The van der Waals surface area contributed by atoms with Gasteiger partial charge in [-0.2, -0.15) is 5.10 Å². The molecule has 1 aromatic carbocycles. The summed E-state index contributed by atoms with van der Waals surface area (Å²) >= 11 is 0. The number of carbonyl (C=O) groups excluding carboxylic acids is 2. The zero-order chi connectivity index (χ0) is 18.9. The summed E-state index contributed by atoms with van der Waals surface area (Å²) in [5.74, 6) is -1.06. The largest absolute Gasteiger partial charge is 0.448 e. The van der Waals surface area contributed by atoms with Gasteiger partial charge in [-0.1, -0.05) is 18.2 Å². The number of rotatable bonds is 5. The molecule has 0 spiro atoms. The smallest absolute Gasteiger partial charge is 0.360 e. The van der Waals surface area contributed by atoms with E-state index in [2.05, 4.69) is 10.2 Å². The number of nitrogens with one attached hydrogen (secondary N) is 1. The molecule has 0 radical (unpaired) electrons. The van der Waals surface area contributed by atoms with Gasteiger partial charge in [-0.15, -0.1) is 0 Å². The van der Waals surface area contributed by atoms with Crippen molar-refractivity contribution in [1.29, 1.82) is 0 Å². The molecule has 1 amide bonds. The third kappa shape index (κ3) is 3.57. The predicted octanol–water partition coefficient (Wildman–Crippen LogP) is 1.14.